The molecule has 0 aliphatic rings. The molecule has 0 radical (unpaired) electrons. The van der Waals surface area contributed by atoms with E-state index in [2.05, 4.69) is 41.8 Å². The molecule has 78 valence electrons. The van der Waals surface area contributed by atoms with Gasteiger partial charge in [0.25, 0.3) is 0 Å². The van der Waals surface area contributed by atoms with Gasteiger partial charge in [0, 0.05) is 24.3 Å². The summed E-state index contributed by atoms with van der Waals surface area (Å²) in [5.41, 5.74) is 10.5. The molecule has 2 aromatic heterocycles. The fourth-order valence-electron chi connectivity index (χ4n) is 2.25. The summed E-state index contributed by atoms with van der Waals surface area (Å²) < 4.78 is 2.17. The number of nitrogens with two attached hydrogens (primary N) is 1. The van der Waals surface area contributed by atoms with Crippen LogP contribution in [0.3, 0.4) is 0 Å². The van der Waals surface area contributed by atoms with Crippen LogP contribution in [0.1, 0.15) is 5.56 Å². The standard InChI is InChI=1S/C14H12N2/c1-10-5-4-7-13-14(10)12(15)9-11-6-2-3-8-16(11)13/h2-9,15H,1H3/p+1. The zero-order valence-electron chi connectivity index (χ0n) is 9.14. The molecule has 16 heavy (non-hydrogen) atoms. The third-order valence-electron chi connectivity index (χ3n) is 2.99. The van der Waals surface area contributed by atoms with Crippen LogP contribution in [0.5, 0.6) is 0 Å². The third-order valence-corrected chi connectivity index (χ3v) is 2.99. The second kappa shape index (κ2) is 3.20. The van der Waals surface area contributed by atoms with E-state index in [1.165, 1.54) is 5.56 Å². The van der Waals surface area contributed by atoms with Gasteiger partial charge in [0.05, 0.1) is 11.1 Å². The first-order chi connectivity index (χ1) is 7.77. The largest absolute Gasteiger partial charge is 0.398 e. The minimum atomic E-state index is 0.847. The van der Waals surface area contributed by atoms with Crippen molar-refractivity contribution in [1.82, 2.24) is 0 Å². The smallest absolute Gasteiger partial charge is 0.220 e. The van der Waals surface area contributed by atoms with E-state index < -0.39 is 0 Å². The Bertz CT molecular complexity index is 687. The van der Waals surface area contributed by atoms with Gasteiger partial charge in [-0.25, -0.2) is 0 Å². The SMILES string of the molecule is Cc1cccc2c1c(N)cc1cccc[n+]12. The summed E-state index contributed by atoms with van der Waals surface area (Å²) in [6, 6.07) is 14.4. The van der Waals surface area contributed by atoms with Crippen molar-refractivity contribution in [3.63, 3.8) is 0 Å². The lowest BCUT2D eigenvalue weighted by molar-refractivity contribution is -0.481. The average molecular weight is 209 g/mol. The van der Waals surface area contributed by atoms with Gasteiger partial charge in [-0.3, -0.25) is 0 Å². The summed E-state index contributed by atoms with van der Waals surface area (Å²) in [7, 11) is 0. The van der Waals surface area contributed by atoms with Crippen molar-refractivity contribution in [1.29, 1.82) is 0 Å². The Morgan fingerprint density at radius 2 is 1.94 bits per heavy atom. The van der Waals surface area contributed by atoms with Crippen molar-refractivity contribution in [3.8, 4) is 0 Å². The molecule has 0 amide bonds. The zero-order valence-corrected chi connectivity index (χ0v) is 9.14. The van der Waals surface area contributed by atoms with Crippen LogP contribution in [0.15, 0.2) is 48.7 Å². The second-order valence-electron chi connectivity index (χ2n) is 4.06. The molecular weight excluding hydrogens is 196 g/mol. The van der Waals surface area contributed by atoms with Gasteiger partial charge < -0.3 is 5.73 Å². The van der Waals surface area contributed by atoms with Crippen LogP contribution in [0.25, 0.3) is 16.4 Å². The lowest BCUT2D eigenvalue weighted by atomic mass is 10.1. The number of anilines is 1. The first kappa shape index (κ1) is 9.16. The molecule has 0 unspecified atom stereocenters. The van der Waals surface area contributed by atoms with Gasteiger partial charge in [-0.15, -0.1) is 0 Å². The molecule has 2 nitrogen and oxygen atoms in total. The van der Waals surface area contributed by atoms with Crippen LogP contribution >= 0.6 is 0 Å². The summed E-state index contributed by atoms with van der Waals surface area (Å²) in [5.74, 6) is 0. The van der Waals surface area contributed by atoms with Crippen LogP contribution in [0.2, 0.25) is 0 Å². The molecule has 0 atom stereocenters. The van der Waals surface area contributed by atoms with Gasteiger partial charge in [-0.2, -0.15) is 4.40 Å². The third kappa shape index (κ3) is 1.16. The molecule has 0 fully saturated rings. The van der Waals surface area contributed by atoms with E-state index in [1.807, 2.05) is 18.2 Å². The Morgan fingerprint density at radius 1 is 1.06 bits per heavy atom. The summed E-state index contributed by atoms with van der Waals surface area (Å²) in [6.07, 6.45) is 2.07. The number of hydrogen-bond donors (Lipinski definition) is 1. The molecule has 0 saturated carbocycles. The number of aromatic nitrogens is 1. The van der Waals surface area contributed by atoms with Crippen LogP contribution in [0.4, 0.5) is 5.69 Å². The predicted molar refractivity (Wildman–Crippen MR) is 66.3 cm³/mol. The maximum absolute atomic E-state index is 6.11. The molecule has 2 N–H and O–H groups in total. The summed E-state index contributed by atoms with van der Waals surface area (Å²) in [4.78, 5) is 0. The highest BCUT2D eigenvalue weighted by atomic mass is 14.9. The number of aryl methyl sites for hydroxylation is 1. The van der Waals surface area contributed by atoms with Gasteiger partial charge in [0.2, 0.25) is 11.0 Å². The Balaban J connectivity index is 2.65. The lowest BCUT2D eigenvalue weighted by Gasteiger charge is -2.03. The highest BCUT2D eigenvalue weighted by Crippen LogP contribution is 2.22. The summed E-state index contributed by atoms with van der Waals surface area (Å²) >= 11 is 0. The molecule has 0 saturated heterocycles. The summed E-state index contributed by atoms with van der Waals surface area (Å²) in [6.45, 7) is 2.09. The highest BCUT2D eigenvalue weighted by Gasteiger charge is 2.12. The Morgan fingerprint density at radius 3 is 2.81 bits per heavy atom. The van der Waals surface area contributed by atoms with Crippen molar-refractivity contribution in [3.05, 3.63) is 54.2 Å². The summed E-state index contributed by atoms with van der Waals surface area (Å²) in [5, 5.41) is 1.14. The van der Waals surface area contributed by atoms with Crippen molar-refractivity contribution < 1.29 is 4.40 Å². The quantitative estimate of drug-likeness (QED) is 0.447. The molecular formula is C14H13N2+. The topological polar surface area (TPSA) is 30.1 Å². The van der Waals surface area contributed by atoms with Crippen LogP contribution in [0, 0.1) is 6.92 Å². The Kier molecular flexibility index (Phi) is 1.83. The minimum Gasteiger partial charge on any atom is -0.398 e. The van der Waals surface area contributed by atoms with Crippen molar-refractivity contribution in [2.45, 2.75) is 6.92 Å². The van der Waals surface area contributed by atoms with E-state index in [0.717, 1.165) is 22.1 Å². The number of fused-ring (bicyclic) bond motifs is 3. The minimum absolute atomic E-state index is 0.847. The van der Waals surface area contributed by atoms with Crippen molar-refractivity contribution in [2.24, 2.45) is 0 Å². The number of rotatable bonds is 0. The normalized spacial score (nSPS) is 11.1. The Hall–Kier alpha value is -2.09. The van der Waals surface area contributed by atoms with Gasteiger partial charge in [0.1, 0.15) is 0 Å². The first-order valence-corrected chi connectivity index (χ1v) is 5.35. The molecule has 2 heterocycles. The molecule has 0 aliphatic heterocycles. The first-order valence-electron chi connectivity index (χ1n) is 5.35. The maximum Gasteiger partial charge on any atom is 0.220 e. The van der Waals surface area contributed by atoms with Gasteiger partial charge in [-0.1, -0.05) is 12.1 Å². The van der Waals surface area contributed by atoms with Crippen LogP contribution in [-0.4, -0.2) is 0 Å². The van der Waals surface area contributed by atoms with Crippen molar-refractivity contribution in [2.75, 3.05) is 5.73 Å². The molecule has 0 aliphatic carbocycles. The van der Waals surface area contributed by atoms with E-state index in [1.54, 1.807) is 0 Å². The van der Waals surface area contributed by atoms with E-state index in [4.69, 9.17) is 5.73 Å². The number of nitrogen functional groups attached to an aromatic ring is 1. The fourth-order valence-corrected chi connectivity index (χ4v) is 2.25. The zero-order chi connectivity index (χ0) is 11.1. The molecule has 0 spiro atoms. The molecule has 2 heteroatoms. The monoisotopic (exact) mass is 209 g/mol. The predicted octanol–water partition coefficient (Wildman–Crippen LogP) is 2.47. The number of pyridine rings is 2. The van der Waals surface area contributed by atoms with Gasteiger partial charge >= 0.3 is 0 Å². The average Bonchev–Trinajstić information content (AvgIpc) is 2.29. The highest BCUT2D eigenvalue weighted by molar-refractivity contribution is 5.92. The molecule has 3 aromatic rings. The molecule has 1 aromatic carbocycles. The second-order valence-corrected chi connectivity index (χ2v) is 4.06. The number of hydrogen-bond acceptors (Lipinski definition) is 1. The molecule has 0 bridgehead atoms. The van der Waals surface area contributed by atoms with E-state index in [-0.39, 0.29) is 0 Å². The van der Waals surface area contributed by atoms with Crippen LogP contribution < -0.4 is 10.1 Å². The van der Waals surface area contributed by atoms with E-state index in [0.29, 0.717) is 0 Å². The van der Waals surface area contributed by atoms with E-state index in [9.17, 15) is 0 Å². The molecule has 3 rings (SSSR count). The van der Waals surface area contributed by atoms with Crippen molar-refractivity contribution >= 4 is 22.1 Å². The van der Waals surface area contributed by atoms with Gasteiger partial charge in [0.15, 0.2) is 6.20 Å². The van der Waals surface area contributed by atoms with Crippen LogP contribution in [-0.2, 0) is 0 Å². The van der Waals surface area contributed by atoms with E-state index >= 15 is 0 Å². The number of nitrogens with zero attached hydrogens (tertiary/aromatic N) is 1. The maximum atomic E-state index is 6.11. The Labute approximate surface area is 93.9 Å². The van der Waals surface area contributed by atoms with Gasteiger partial charge in [-0.05, 0) is 18.6 Å². The number of benzene rings is 1. The fraction of sp³-hybridized carbons (Fsp3) is 0.0714. The lowest BCUT2D eigenvalue weighted by Crippen LogP contribution is -2.22.